The minimum Gasteiger partial charge on any atom is -0.303 e. The molecule has 1 aromatic rings. The maximum absolute atomic E-state index is 12.2. The number of rotatable bonds is 6. The van der Waals surface area contributed by atoms with Crippen molar-refractivity contribution in [3.05, 3.63) is 24.0 Å². The number of nitrogens with zero attached hydrogens (tertiary/aromatic N) is 3. The molecule has 1 atom stereocenters. The molecule has 0 saturated carbocycles. The predicted molar refractivity (Wildman–Crippen MR) is 79.0 cm³/mol. The normalized spacial score (nSPS) is 17.5. The van der Waals surface area contributed by atoms with Crippen LogP contribution in [0.1, 0.15) is 25.5 Å². The third kappa shape index (κ3) is 4.24. The van der Waals surface area contributed by atoms with Crippen molar-refractivity contribution in [2.24, 2.45) is 5.92 Å². The number of pyridine rings is 1. The zero-order valence-electron chi connectivity index (χ0n) is 12.1. The summed E-state index contributed by atoms with van der Waals surface area (Å²) < 4.78 is 27.1. The molecule has 1 aliphatic rings. The molecule has 0 aliphatic carbocycles. The minimum absolute atomic E-state index is 0.0547. The Morgan fingerprint density at radius 2 is 2.19 bits per heavy atom. The van der Waals surface area contributed by atoms with Crippen molar-refractivity contribution in [1.82, 2.24) is 14.6 Å². The number of nitrogens with one attached hydrogen (secondary N) is 1. The van der Waals surface area contributed by atoms with Gasteiger partial charge in [-0.3, -0.25) is 0 Å². The topological polar surface area (TPSA) is 86.1 Å². The predicted octanol–water partition coefficient (Wildman–Crippen LogP) is 0.963. The summed E-state index contributed by atoms with van der Waals surface area (Å²) >= 11 is 0. The maximum Gasteiger partial charge on any atom is 0.243 e. The van der Waals surface area contributed by atoms with Gasteiger partial charge in [-0.15, -0.1) is 0 Å². The van der Waals surface area contributed by atoms with Crippen molar-refractivity contribution in [3.63, 3.8) is 0 Å². The quantitative estimate of drug-likeness (QED) is 0.846. The van der Waals surface area contributed by atoms with Crippen LogP contribution in [-0.4, -0.2) is 44.5 Å². The molecule has 1 unspecified atom stereocenters. The average molecular weight is 308 g/mol. The van der Waals surface area contributed by atoms with Gasteiger partial charge in [0.1, 0.15) is 11.0 Å². The monoisotopic (exact) mass is 308 g/mol. The van der Waals surface area contributed by atoms with Crippen LogP contribution in [0.25, 0.3) is 0 Å². The van der Waals surface area contributed by atoms with Crippen LogP contribution in [0.5, 0.6) is 0 Å². The summed E-state index contributed by atoms with van der Waals surface area (Å²) in [6, 6.07) is 4.73. The molecule has 0 bridgehead atoms. The van der Waals surface area contributed by atoms with Gasteiger partial charge in [0.05, 0.1) is 0 Å². The Balaban J connectivity index is 1.96. The molecule has 0 radical (unpaired) electrons. The number of hydrogen-bond donors (Lipinski definition) is 1. The summed E-state index contributed by atoms with van der Waals surface area (Å²) in [5.41, 5.74) is -0.0720. The van der Waals surface area contributed by atoms with Crippen molar-refractivity contribution in [2.75, 3.05) is 26.2 Å². The van der Waals surface area contributed by atoms with Gasteiger partial charge < -0.3 is 4.90 Å². The molecule has 0 amide bonds. The third-order valence-electron chi connectivity index (χ3n) is 3.56. The molecule has 7 heteroatoms. The first kappa shape index (κ1) is 15.9. The van der Waals surface area contributed by atoms with E-state index in [0.29, 0.717) is 6.54 Å². The fraction of sp³-hybridized carbons (Fsp3) is 0.571. The van der Waals surface area contributed by atoms with Crippen LogP contribution in [0, 0.1) is 17.2 Å². The zero-order valence-corrected chi connectivity index (χ0v) is 12.9. The first-order valence-electron chi connectivity index (χ1n) is 7.10. The van der Waals surface area contributed by atoms with Gasteiger partial charge in [0.2, 0.25) is 10.0 Å². The summed E-state index contributed by atoms with van der Waals surface area (Å²) in [5.74, 6) is 0.222. The SMILES string of the molecule is CC(CNS(=O)(=O)c1cccnc1C#N)CN1CCCC1. The van der Waals surface area contributed by atoms with E-state index in [0.717, 1.165) is 19.6 Å². The van der Waals surface area contributed by atoms with Gasteiger partial charge >= 0.3 is 0 Å². The highest BCUT2D eigenvalue weighted by Gasteiger charge is 2.21. The summed E-state index contributed by atoms with van der Waals surface area (Å²) in [7, 11) is -3.69. The molecular weight excluding hydrogens is 288 g/mol. The molecule has 21 heavy (non-hydrogen) atoms. The molecule has 6 nitrogen and oxygen atoms in total. The van der Waals surface area contributed by atoms with Gasteiger partial charge in [-0.05, 0) is 44.0 Å². The number of nitriles is 1. The van der Waals surface area contributed by atoms with E-state index in [-0.39, 0.29) is 16.5 Å². The van der Waals surface area contributed by atoms with Crippen LogP contribution in [-0.2, 0) is 10.0 Å². The Morgan fingerprint density at radius 3 is 2.86 bits per heavy atom. The van der Waals surface area contributed by atoms with E-state index in [9.17, 15) is 8.42 Å². The Bertz CT molecular complexity index is 618. The lowest BCUT2D eigenvalue weighted by atomic mass is 10.2. The minimum atomic E-state index is -3.69. The lowest BCUT2D eigenvalue weighted by Crippen LogP contribution is -2.34. The average Bonchev–Trinajstić information content (AvgIpc) is 2.98. The third-order valence-corrected chi connectivity index (χ3v) is 5.01. The molecule has 1 aromatic heterocycles. The fourth-order valence-corrected chi connectivity index (χ4v) is 3.76. The van der Waals surface area contributed by atoms with E-state index in [2.05, 4.69) is 14.6 Å². The Morgan fingerprint density at radius 1 is 1.48 bits per heavy atom. The van der Waals surface area contributed by atoms with Gasteiger partial charge in [-0.2, -0.15) is 5.26 Å². The number of sulfonamides is 1. The summed E-state index contributed by atoms with van der Waals surface area (Å²) in [6.45, 7) is 5.46. The van der Waals surface area contributed by atoms with Crippen molar-refractivity contribution in [3.8, 4) is 6.07 Å². The largest absolute Gasteiger partial charge is 0.303 e. The van der Waals surface area contributed by atoms with Crippen LogP contribution in [0.3, 0.4) is 0 Å². The van der Waals surface area contributed by atoms with E-state index in [1.165, 1.54) is 31.2 Å². The van der Waals surface area contributed by atoms with E-state index < -0.39 is 10.0 Å². The van der Waals surface area contributed by atoms with E-state index in [4.69, 9.17) is 5.26 Å². The molecule has 1 N–H and O–H groups in total. The lowest BCUT2D eigenvalue weighted by Gasteiger charge is -2.20. The van der Waals surface area contributed by atoms with Crippen molar-refractivity contribution >= 4 is 10.0 Å². The van der Waals surface area contributed by atoms with Crippen molar-refractivity contribution in [2.45, 2.75) is 24.7 Å². The van der Waals surface area contributed by atoms with Crippen molar-refractivity contribution < 1.29 is 8.42 Å². The number of hydrogen-bond acceptors (Lipinski definition) is 5. The van der Waals surface area contributed by atoms with Crippen LogP contribution >= 0.6 is 0 Å². The Labute approximate surface area is 125 Å². The standard InChI is InChI=1S/C14H20N4O2S/c1-12(11-18-7-2-3-8-18)10-17-21(19,20)14-5-4-6-16-13(14)9-15/h4-6,12,17H,2-3,7-8,10-11H2,1H3. The van der Waals surface area contributed by atoms with Gasteiger partial charge in [0.25, 0.3) is 0 Å². The van der Waals surface area contributed by atoms with Gasteiger partial charge in [-0.25, -0.2) is 18.1 Å². The Kier molecular flexibility index (Phi) is 5.28. The second kappa shape index (κ2) is 6.98. The van der Waals surface area contributed by atoms with Gasteiger partial charge in [-0.1, -0.05) is 6.92 Å². The molecular formula is C14H20N4O2S. The highest BCUT2D eigenvalue weighted by Crippen LogP contribution is 2.13. The van der Waals surface area contributed by atoms with E-state index >= 15 is 0 Å². The molecule has 1 fully saturated rings. The van der Waals surface area contributed by atoms with Crippen LogP contribution in [0.15, 0.2) is 23.2 Å². The van der Waals surface area contributed by atoms with Crippen molar-refractivity contribution in [1.29, 1.82) is 5.26 Å². The molecule has 0 spiro atoms. The molecule has 1 aliphatic heterocycles. The smallest absolute Gasteiger partial charge is 0.243 e. The first-order valence-corrected chi connectivity index (χ1v) is 8.58. The summed E-state index contributed by atoms with van der Waals surface area (Å²) in [5, 5.41) is 8.94. The molecule has 2 rings (SSSR count). The van der Waals surface area contributed by atoms with E-state index in [1.54, 1.807) is 0 Å². The van der Waals surface area contributed by atoms with Crippen LogP contribution in [0.4, 0.5) is 0 Å². The maximum atomic E-state index is 12.2. The number of likely N-dealkylation sites (tertiary alicyclic amines) is 1. The molecule has 114 valence electrons. The fourth-order valence-electron chi connectivity index (χ4n) is 2.49. The number of aromatic nitrogens is 1. The second-order valence-corrected chi connectivity index (χ2v) is 7.16. The van der Waals surface area contributed by atoms with Gasteiger partial charge in [0, 0.05) is 19.3 Å². The zero-order chi connectivity index (χ0) is 15.3. The van der Waals surface area contributed by atoms with Crippen LogP contribution in [0.2, 0.25) is 0 Å². The lowest BCUT2D eigenvalue weighted by molar-refractivity contribution is 0.288. The molecule has 0 aromatic carbocycles. The second-order valence-electron chi connectivity index (χ2n) is 5.43. The Hall–Kier alpha value is -1.49. The summed E-state index contributed by atoms with van der Waals surface area (Å²) in [6.07, 6.45) is 3.85. The van der Waals surface area contributed by atoms with E-state index in [1.807, 2.05) is 13.0 Å². The molecule has 2 heterocycles. The highest BCUT2D eigenvalue weighted by molar-refractivity contribution is 7.89. The first-order chi connectivity index (χ1) is 10.0. The highest BCUT2D eigenvalue weighted by atomic mass is 32.2. The van der Waals surface area contributed by atoms with Gasteiger partial charge in [0.15, 0.2) is 5.69 Å². The molecule has 1 saturated heterocycles. The van der Waals surface area contributed by atoms with Crippen LogP contribution < -0.4 is 4.72 Å². The summed E-state index contributed by atoms with van der Waals surface area (Å²) in [4.78, 5) is 6.08.